The lowest BCUT2D eigenvalue weighted by atomic mass is 9.99. The summed E-state index contributed by atoms with van der Waals surface area (Å²) in [6.07, 6.45) is 10.2. The Labute approximate surface area is 702 Å². The molecule has 19 N–H and O–H groups in total. The molecule has 10 atom stereocenters. The normalized spacial score (nSPS) is 14.8. The van der Waals surface area contributed by atoms with Crippen molar-refractivity contribution in [3.05, 3.63) is 209 Å². The third-order valence-corrected chi connectivity index (χ3v) is 20.8. The molecule has 0 aliphatic carbocycles. The lowest BCUT2D eigenvalue weighted by Crippen LogP contribution is -2.61. The number of hydrogen-bond donors (Lipinski definition) is 16. The van der Waals surface area contributed by atoms with E-state index in [1.807, 2.05) is 105 Å². The van der Waals surface area contributed by atoms with E-state index in [0.717, 1.165) is 44.2 Å². The Balaban J connectivity index is 0.945. The monoisotopic (exact) mass is 1660 g/mol. The fourth-order valence-electron chi connectivity index (χ4n) is 14.3. The van der Waals surface area contributed by atoms with Crippen LogP contribution < -0.4 is 75.7 Å². The molecule has 33 heteroatoms. The van der Waals surface area contributed by atoms with Crippen molar-refractivity contribution in [3.8, 4) is 0 Å². The molecule has 1 aliphatic rings. The lowest BCUT2D eigenvalue weighted by Gasteiger charge is -2.31. The number of aliphatic hydroxyl groups is 1. The van der Waals surface area contributed by atoms with Gasteiger partial charge in [0.15, 0.2) is 5.96 Å². The molecule has 120 heavy (non-hydrogen) atoms. The first-order valence-electron chi connectivity index (χ1n) is 40.7. The molecule has 4 aromatic heterocycles. The Bertz CT molecular complexity index is 4750. The first-order valence-corrected chi connectivity index (χ1v) is 41.1. The summed E-state index contributed by atoms with van der Waals surface area (Å²) >= 11 is 6.29. The van der Waals surface area contributed by atoms with Gasteiger partial charge in [-0.05, 0) is 171 Å². The number of halogens is 1. The zero-order valence-electron chi connectivity index (χ0n) is 67.9. The average molecular weight is 1660 g/mol. The topological polar surface area (TPSA) is 488 Å². The fourth-order valence-corrected chi connectivity index (χ4v) is 14.5. The number of nitrogens with zero attached hydrogens (tertiary/aromatic N) is 5. The van der Waals surface area contributed by atoms with Crippen molar-refractivity contribution >= 4 is 104 Å². The number of carbonyl (C=O) groups is 11. The molecule has 8 aromatic rings. The number of nitrogens with one attached hydrogen (secondary N) is 12. The predicted octanol–water partition coefficient (Wildman–Crippen LogP) is 3.30. The van der Waals surface area contributed by atoms with Gasteiger partial charge in [-0.3, -0.25) is 72.7 Å². The Hall–Kier alpha value is -12.3. The second-order valence-electron chi connectivity index (χ2n) is 30.4. The minimum Gasteiger partial charge on any atom is -0.394 e. The van der Waals surface area contributed by atoms with Crippen LogP contribution in [-0.2, 0) is 91.5 Å². The highest BCUT2D eigenvalue weighted by molar-refractivity contribution is 6.30. The second kappa shape index (κ2) is 47.4. The van der Waals surface area contributed by atoms with Crippen LogP contribution in [0.4, 0.5) is 0 Å². The van der Waals surface area contributed by atoms with Gasteiger partial charge in [-0.1, -0.05) is 116 Å². The van der Waals surface area contributed by atoms with Crippen LogP contribution in [0.2, 0.25) is 5.02 Å². The highest BCUT2D eigenvalue weighted by atomic mass is 35.5. The number of H-pyrrole nitrogens is 1. The van der Waals surface area contributed by atoms with Crippen molar-refractivity contribution in [1.82, 2.24) is 83.3 Å². The van der Waals surface area contributed by atoms with Crippen LogP contribution in [0.5, 0.6) is 0 Å². The number of aromatic nitrogens is 4. The van der Waals surface area contributed by atoms with E-state index in [-0.39, 0.29) is 89.2 Å². The number of amides is 11. The number of primary amides is 1. The van der Waals surface area contributed by atoms with E-state index >= 15 is 19.2 Å². The smallest absolute Gasteiger partial charge is 0.245 e. The number of benzene rings is 4. The van der Waals surface area contributed by atoms with Gasteiger partial charge in [-0.25, -0.2) is 0 Å². The molecule has 1 aliphatic heterocycles. The molecule has 0 spiro atoms. The SMILES string of the molecule is CC(=O)N[C@H](Cc1ccc2ccccc2c1)C(=O)N[C@H](Cc1ccc(Cl)cc1)C(=O)N[C@H](Cc1cccnc1)C(=O)N[C@@H](CO)C(=O)N[C@@H](CCCCNCc1ccccn1)C(=O)N[C@@H](CCCCNCc1ccccn1)C(=O)N[C@@H](CC(C)C)C(=O)N[C@@H](CCCN=C(N)N)C(=O)N1CCC[C@@H]1C(=O)N[C@H](Cc1c[nH]c2ccccc12)C(N)=O. The van der Waals surface area contributed by atoms with Crippen molar-refractivity contribution in [3.63, 3.8) is 0 Å². The van der Waals surface area contributed by atoms with Gasteiger partial charge in [-0.2, -0.15) is 0 Å². The summed E-state index contributed by atoms with van der Waals surface area (Å²) in [5, 5.41) is 45.9. The maximum atomic E-state index is 15.3. The molecule has 4 aromatic carbocycles. The average Bonchev–Trinajstić information content (AvgIpc) is 1.61. The highest BCUT2D eigenvalue weighted by Crippen LogP contribution is 2.24. The molecule has 0 bridgehead atoms. The number of rotatable bonds is 48. The number of hydrogen-bond acceptors (Lipinski definition) is 18. The number of nitrogens with two attached hydrogens (primary N) is 3. The van der Waals surface area contributed by atoms with Crippen LogP contribution in [0.1, 0.15) is 125 Å². The number of pyridine rings is 3. The van der Waals surface area contributed by atoms with Gasteiger partial charge in [0.1, 0.15) is 60.4 Å². The van der Waals surface area contributed by atoms with E-state index in [2.05, 4.69) is 83.4 Å². The molecule has 0 unspecified atom stereocenters. The Morgan fingerprint density at radius 3 is 1.63 bits per heavy atom. The quantitative estimate of drug-likeness (QED) is 0.0148. The maximum Gasteiger partial charge on any atom is 0.245 e. The van der Waals surface area contributed by atoms with Crippen LogP contribution in [0.15, 0.2) is 176 Å². The summed E-state index contributed by atoms with van der Waals surface area (Å²) in [6, 6.07) is 28.1. The van der Waals surface area contributed by atoms with Gasteiger partial charge < -0.3 is 90.7 Å². The summed E-state index contributed by atoms with van der Waals surface area (Å²) < 4.78 is 0. The van der Waals surface area contributed by atoms with Gasteiger partial charge in [0, 0.05) is 106 Å². The van der Waals surface area contributed by atoms with Gasteiger partial charge in [0.25, 0.3) is 0 Å². The number of aliphatic imine (C=N–C) groups is 1. The van der Waals surface area contributed by atoms with E-state index in [1.54, 1.807) is 67.1 Å². The molecule has 1 saturated heterocycles. The lowest BCUT2D eigenvalue weighted by molar-refractivity contribution is -0.142. The number of unbranched alkanes of at least 4 members (excludes halogenated alkanes) is 2. The molecule has 11 amide bonds. The van der Waals surface area contributed by atoms with Crippen molar-refractivity contribution in [2.75, 3.05) is 32.8 Å². The van der Waals surface area contributed by atoms with E-state index < -0.39 is 132 Å². The van der Waals surface area contributed by atoms with Crippen LogP contribution >= 0.6 is 11.6 Å². The summed E-state index contributed by atoms with van der Waals surface area (Å²) in [7, 11) is 0. The Morgan fingerprint density at radius 1 is 0.525 bits per heavy atom. The van der Waals surface area contributed by atoms with Gasteiger partial charge in [-0.15, -0.1) is 0 Å². The number of likely N-dealkylation sites (tertiary alicyclic amines) is 1. The number of carbonyl (C=O) groups excluding carboxylic acids is 11. The van der Waals surface area contributed by atoms with E-state index in [0.29, 0.717) is 74.4 Å². The summed E-state index contributed by atoms with van der Waals surface area (Å²) in [6.45, 7) is 5.88. The van der Waals surface area contributed by atoms with E-state index in [4.69, 9.17) is 28.8 Å². The largest absolute Gasteiger partial charge is 0.394 e. The molecular weight excluding hydrogens is 1550 g/mol. The van der Waals surface area contributed by atoms with Crippen molar-refractivity contribution in [2.45, 2.75) is 191 Å². The first-order chi connectivity index (χ1) is 57.9. The van der Waals surface area contributed by atoms with Crippen LogP contribution in [0.3, 0.4) is 0 Å². The molecule has 0 saturated carbocycles. The molecule has 5 heterocycles. The molecule has 1 fully saturated rings. The molecule has 638 valence electrons. The Kier molecular flexibility index (Phi) is 36.2. The van der Waals surface area contributed by atoms with Crippen molar-refractivity contribution in [1.29, 1.82) is 0 Å². The fraction of sp³-hybridized carbons (Fsp3) is 0.414. The minimum absolute atomic E-state index is 0.00445. The number of guanidine groups is 1. The van der Waals surface area contributed by atoms with Crippen molar-refractivity contribution in [2.24, 2.45) is 28.1 Å². The molecule has 0 radical (unpaired) electrons. The summed E-state index contributed by atoms with van der Waals surface area (Å²) in [5.74, 6) is -8.93. The van der Waals surface area contributed by atoms with Crippen LogP contribution in [0, 0.1) is 5.92 Å². The van der Waals surface area contributed by atoms with Crippen LogP contribution in [0.25, 0.3) is 21.7 Å². The Morgan fingerprint density at radius 2 is 1.05 bits per heavy atom. The van der Waals surface area contributed by atoms with Gasteiger partial charge in [0.2, 0.25) is 65.0 Å². The third-order valence-electron chi connectivity index (χ3n) is 20.6. The number of aliphatic hydroxyl groups excluding tert-OH is 1. The van der Waals surface area contributed by atoms with Gasteiger partial charge in [0.05, 0.1) is 18.0 Å². The number of aromatic amines is 1. The molecular formula is C87H111ClN20O12. The van der Waals surface area contributed by atoms with Crippen molar-refractivity contribution < 1.29 is 57.8 Å². The molecule has 9 rings (SSSR count). The summed E-state index contributed by atoms with van der Waals surface area (Å²) in [5.41, 5.74) is 22.1. The first kappa shape index (κ1) is 91.6. The number of para-hydroxylation sites is 1. The van der Waals surface area contributed by atoms with Crippen LogP contribution in [-0.4, -0.2) is 194 Å². The highest BCUT2D eigenvalue weighted by Gasteiger charge is 2.41. The maximum absolute atomic E-state index is 15.3. The minimum atomic E-state index is -1.78. The summed E-state index contributed by atoms with van der Waals surface area (Å²) in [4.78, 5) is 181. The van der Waals surface area contributed by atoms with Gasteiger partial charge >= 0.3 is 0 Å². The number of fused-ring (bicyclic) bond motifs is 2. The van der Waals surface area contributed by atoms with E-state index in [1.165, 1.54) is 24.2 Å². The molecule has 32 nitrogen and oxygen atoms in total. The second-order valence-corrected chi connectivity index (χ2v) is 30.9. The zero-order chi connectivity index (χ0) is 85.9. The standard InChI is InChI=1S/C87H111ClN20O12/c1-54(2)43-71(80(114)102-69(28-17-41-97-87(90)91)86(120)108-42-18-29-76(108)85(119)103-70(77(89)111)48-61-50-98-66-25-7-6-24-65(61)66)104-79(113)68(27-11-13-37-94-52-64-23-9-15-40-96-64)100-78(112)67(26-10-12-36-93-51-63-22-8-14-39-95-63)101-84(118)75(53-109)107-83(117)74(47-58-19-16-38-92-49-58)106-82(116)73(45-56-31-34-62(88)35-32-56)105-81(115)72(99-55(3)110)46-57-30-33-59-20-4-5-21-60(59)44-57/h4-9,14-16,19-25,30-35,38-40,44,49-50,54,67-76,93-94,98,109H,10-13,17-18,26-29,36-37,41-43,45-48,51-53H2,1-3H3,(H2,89,111)(H,99,110)(H,100,112)(H,101,118)(H,102,114)(H,103,119)(H,104,113)(H,105,115)(H,106,116)(H,107,117)(H4,90,91,97)/t67-,68-,69-,70+,71-,72+,73+,74+,75-,76+/m0/s1. The third kappa shape index (κ3) is 29.4. The zero-order valence-corrected chi connectivity index (χ0v) is 68.6. The van der Waals surface area contributed by atoms with E-state index in [9.17, 15) is 38.7 Å². The predicted molar refractivity (Wildman–Crippen MR) is 456 cm³/mol.